The van der Waals surface area contributed by atoms with Crippen molar-refractivity contribution in [2.45, 2.75) is 65.0 Å². The van der Waals surface area contributed by atoms with Crippen LogP contribution in [0.5, 0.6) is 5.75 Å². The molecule has 0 bridgehead atoms. The van der Waals surface area contributed by atoms with Gasteiger partial charge in [0.1, 0.15) is 5.75 Å². The van der Waals surface area contributed by atoms with Gasteiger partial charge in [0.2, 0.25) is 5.91 Å². The Morgan fingerprint density at radius 3 is 2.66 bits per heavy atom. The number of hydrogen-bond donors (Lipinski definition) is 1. The van der Waals surface area contributed by atoms with Crippen molar-refractivity contribution in [3.8, 4) is 5.75 Å². The molecule has 32 heavy (non-hydrogen) atoms. The van der Waals surface area contributed by atoms with Crippen molar-refractivity contribution in [3.05, 3.63) is 64.7 Å². The number of hydrogen-bond acceptors (Lipinski definition) is 3. The van der Waals surface area contributed by atoms with Crippen molar-refractivity contribution < 1.29 is 14.3 Å². The van der Waals surface area contributed by atoms with Gasteiger partial charge in [-0.05, 0) is 67.9 Å². The van der Waals surface area contributed by atoms with E-state index < -0.39 is 6.10 Å². The number of nitrogens with zero attached hydrogens (tertiary/aromatic N) is 1. The van der Waals surface area contributed by atoms with Crippen molar-refractivity contribution in [3.63, 3.8) is 0 Å². The molecule has 0 aromatic heterocycles. The van der Waals surface area contributed by atoms with E-state index in [1.54, 1.807) is 0 Å². The minimum atomic E-state index is -0.523. The van der Waals surface area contributed by atoms with Crippen LogP contribution >= 0.6 is 0 Å². The van der Waals surface area contributed by atoms with Crippen molar-refractivity contribution in [1.29, 1.82) is 0 Å². The summed E-state index contributed by atoms with van der Waals surface area (Å²) in [7, 11) is 0. The van der Waals surface area contributed by atoms with Crippen LogP contribution in [0.3, 0.4) is 0 Å². The maximum absolute atomic E-state index is 13.2. The number of ether oxygens (including phenoxy) is 1. The largest absolute Gasteiger partial charge is 0.481 e. The lowest BCUT2D eigenvalue weighted by molar-refractivity contribution is -0.134. The number of rotatable bonds is 8. The summed E-state index contributed by atoms with van der Waals surface area (Å²) < 4.78 is 6.14. The number of benzene rings is 2. The van der Waals surface area contributed by atoms with Crippen LogP contribution < -0.4 is 10.1 Å². The van der Waals surface area contributed by atoms with E-state index in [0.717, 1.165) is 43.4 Å². The molecule has 1 aliphatic carbocycles. The Kier molecular flexibility index (Phi) is 6.83. The molecule has 4 rings (SSSR count). The third-order valence-electron chi connectivity index (χ3n) is 6.40. The molecule has 2 aliphatic rings. The molecule has 5 nitrogen and oxygen atoms in total. The van der Waals surface area contributed by atoms with Crippen LogP contribution in [0.1, 0.15) is 67.8 Å². The Bertz CT molecular complexity index is 983. The number of nitrogens with one attached hydrogen (secondary N) is 1. The molecule has 2 aromatic rings. The van der Waals surface area contributed by atoms with Crippen LogP contribution in [0.2, 0.25) is 0 Å². The summed E-state index contributed by atoms with van der Waals surface area (Å²) in [5, 5.41) is 2.93. The third-order valence-corrected chi connectivity index (χ3v) is 6.40. The van der Waals surface area contributed by atoms with Gasteiger partial charge in [-0.1, -0.05) is 49.7 Å². The Morgan fingerprint density at radius 2 is 1.97 bits per heavy atom. The summed E-state index contributed by atoms with van der Waals surface area (Å²) in [5.74, 6) is 1.04. The zero-order valence-electron chi connectivity index (χ0n) is 19.4. The lowest BCUT2D eigenvalue weighted by atomic mass is 9.87. The average molecular weight is 435 g/mol. The Morgan fingerprint density at radius 1 is 1.16 bits per heavy atom. The molecule has 0 saturated heterocycles. The first kappa shape index (κ1) is 22.4. The minimum absolute atomic E-state index is 0.0761. The SMILES string of the molecule is CCCNC(=O)[C@@H](CC)Oc1ccc2c(c1)[C@@H](c1cccc(C)c1)N(C(=O)C1CC1)CC2. The van der Waals surface area contributed by atoms with Crippen molar-refractivity contribution in [1.82, 2.24) is 10.2 Å². The smallest absolute Gasteiger partial charge is 0.261 e. The number of amides is 2. The first-order chi connectivity index (χ1) is 15.5. The van der Waals surface area contributed by atoms with Gasteiger partial charge in [-0.15, -0.1) is 0 Å². The summed E-state index contributed by atoms with van der Waals surface area (Å²) in [6.45, 7) is 7.46. The molecule has 1 heterocycles. The first-order valence-corrected chi connectivity index (χ1v) is 12.0. The molecule has 1 aliphatic heterocycles. The highest BCUT2D eigenvalue weighted by molar-refractivity contribution is 5.82. The highest BCUT2D eigenvalue weighted by atomic mass is 16.5. The normalized spacial score (nSPS) is 18.6. The van der Waals surface area contributed by atoms with Crippen molar-refractivity contribution >= 4 is 11.8 Å². The van der Waals surface area contributed by atoms with E-state index >= 15 is 0 Å². The number of carbonyl (C=O) groups excluding carboxylic acids is 2. The molecule has 1 fully saturated rings. The first-order valence-electron chi connectivity index (χ1n) is 12.0. The van der Waals surface area contributed by atoms with E-state index in [9.17, 15) is 9.59 Å². The summed E-state index contributed by atoms with van der Waals surface area (Å²) in [4.78, 5) is 27.7. The number of fused-ring (bicyclic) bond motifs is 1. The van der Waals surface area contributed by atoms with Crippen molar-refractivity contribution in [2.75, 3.05) is 13.1 Å². The quantitative estimate of drug-likeness (QED) is 0.662. The molecule has 5 heteroatoms. The van der Waals surface area contributed by atoms with Gasteiger partial charge in [-0.3, -0.25) is 9.59 Å². The Labute approximate surface area is 191 Å². The fourth-order valence-corrected chi connectivity index (χ4v) is 4.52. The Hall–Kier alpha value is -2.82. The zero-order chi connectivity index (χ0) is 22.7. The molecule has 170 valence electrons. The second-order valence-electron chi connectivity index (χ2n) is 9.04. The highest BCUT2D eigenvalue weighted by Gasteiger charge is 2.39. The molecule has 0 unspecified atom stereocenters. The van der Waals surface area contributed by atoms with Gasteiger partial charge < -0.3 is 15.0 Å². The van der Waals surface area contributed by atoms with Crippen molar-refractivity contribution in [2.24, 2.45) is 5.92 Å². The lowest BCUT2D eigenvalue weighted by Gasteiger charge is -2.38. The summed E-state index contributed by atoms with van der Waals surface area (Å²) in [6.07, 6.45) is 3.80. The second kappa shape index (κ2) is 9.76. The van der Waals surface area contributed by atoms with E-state index in [2.05, 4.69) is 47.5 Å². The van der Waals surface area contributed by atoms with Crippen LogP contribution in [0, 0.1) is 12.8 Å². The topological polar surface area (TPSA) is 58.6 Å². The Balaban J connectivity index is 1.67. The molecule has 2 aromatic carbocycles. The molecule has 0 spiro atoms. The minimum Gasteiger partial charge on any atom is -0.481 e. The maximum Gasteiger partial charge on any atom is 0.261 e. The average Bonchev–Trinajstić information content (AvgIpc) is 3.65. The molecular weight excluding hydrogens is 400 g/mol. The van der Waals surface area contributed by atoms with E-state index in [1.807, 2.05) is 26.0 Å². The van der Waals surface area contributed by atoms with Crippen LogP contribution in [-0.4, -0.2) is 35.9 Å². The van der Waals surface area contributed by atoms with E-state index in [1.165, 1.54) is 11.1 Å². The fraction of sp³-hybridized carbons (Fsp3) is 0.481. The van der Waals surface area contributed by atoms with Crippen LogP contribution in [0.25, 0.3) is 0 Å². The number of carbonyl (C=O) groups is 2. The predicted molar refractivity (Wildman–Crippen MR) is 126 cm³/mol. The zero-order valence-corrected chi connectivity index (χ0v) is 19.4. The van der Waals surface area contributed by atoms with Gasteiger partial charge in [-0.2, -0.15) is 0 Å². The van der Waals surface area contributed by atoms with E-state index in [4.69, 9.17) is 4.74 Å². The van der Waals surface area contributed by atoms with Gasteiger partial charge in [0.15, 0.2) is 6.10 Å². The molecular formula is C27H34N2O3. The molecule has 0 radical (unpaired) electrons. The van der Waals surface area contributed by atoms with Crippen LogP contribution in [-0.2, 0) is 16.0 Å². The van der Waals surface area contributed by atoms with Crippen LogP contribution in [0.4, 0.5) is 0 Å². The molecule has 1 N–H and O–H groups in total. The predicted octanol–water partition coefficient (Wildman–Crippen LogP) is 4.56. The summed E-state index contributed by atoms with van der Waals surface area (Å²) in [5.41, 5.74) is 4.66. The standard InChI is InChI=1S/C27H34N2O3/c1-4-14-28-26(30)24(5-2)32-22-12-11-19-13-15-29(27(31)20-9-10-20)25(23(19)17-22)21-8-6-7-18(3)16-21/h6-8,11-12,16-17,20,24-25H,4-5,9-10,13-15H2,1-3H3,(H,28,30)/t24-,25-/m1/s1. The molecule has 1 saturated carbocycles. The van der Waals surface area contributed by atoms with Gasteiger partial charge in [-0.25, -0.2) is 0 Å². The van der Waals surface area contributed by atoms with E-state index in [0.29, 0.717) is 18.7 Å². The molecule has 2 amide bonds. The third kappa shape index (κ3) is 4.82. The van der Waals surface area contributed by atoms with E-state index in [-0.39, 0.29) is 23.8 Å². The van der Waals surface area contributed by atoms with Crippen LogP contribution in [0.15, 0.2) is 42.5 Å². The van der Waals surface area contributed by atoms with Gasteiger partial charge in [0, 0.05) is 19.0 Å². The van der Waals surface area contributed by atoms with Gasteiger partial charge >= 0.3 is 0 Å². The monoisotopic (exact) mass is 434 g/mol. The maximum atomic E-state index is 13.2. The summed E-state index contributed by atoms with van der Waals surface area (Å²) >= 11 is 0. The molecule has 2 atom stereocenters. The fourth-order valence-electron chi connectivity index (χ4n) is 4.52. The summed E-state index contributed by atoms with van der Waals surface area (Å²) in [6, 6.07) is 14.4. The number of aryl methyl sites for hydroxylation is 1. The highest BCUT2D eigenvalue weighted by Crippen LogP contribution is 2.41. The van der Waals surface area contributed by atoms with Gasteiger partial charge in [0.25, 0.3) is 5.91 Å². The second-order valence-corrected chi connectivity index (χ2v) is 9.04. The van der Waals surface area contributed by atoms with Gasteiger partial charge in [0.05, 0.1) is 6.04 Å². The lowest BCUT2D eigenvalue weighted by Crippen LogP contribution is -2.41.